The largest absolute Gasteiger partial charge is 0.392 e. The fraction of sp³-hybridized carbons (Fsp3) is 0.945. The van der Waals surface area contributed by atoms with Gasteiger partial charge in [-0.15, -0.1) is 0 Å². The van der Waals surface area contributed by atoms with Gasteiger partial charge in [0.15, 0.2) is 5.12 Å². The Bertz CT molecular complexity index is 1290. The van der Waals surface area contributed by atoms with Crippen LogP contribution in [0, 0.1) is 0 Å². The number of aliphatic hydroxyl groups excluding tert-OH is 4. The Morgan fingerprint density at radius 3 is 0.723 bits per heavy atom. The molecular weight excluding hydrogens is 1060 g/mol. The highest BCUT2D eigenvalue weighted by molar-refractivity contribution is 8.14. The third-order valence-electron chi connectivity index (χ3n) is 17.4. The average Bonchev–Trinajstić information content (AvgIpc) is 3.48. The topological polar surface area (TPSA) is 122 Å². The number of hydrogen-bond acceptors (Lipinski definition) is 10. The van der Waals surface area contributed by atoms with Crippen molar-refractivity contribution in [3.8, 4) is 0 Å². The molecule has 0 aliphatic heterocycles. The normalized spacial score (nSPS) is 13.4. The molecule has 4 N–H and O–H groups in total. The highest BCUT2D eigenvalue weighted by Gasteiger charge is 2.20. The molecule has 4 atom stereocenters. The highest BCUT2D eigenvalue weighted by atomic mass is 32.2. The molecule has 0 saturated heterocycles. The molecule has 494 valence electrons. The van der Waals surface area contributed by atoms with Crippen LogP contribution in [0.15, 0.2) is 12.2 Å². The van der Waals surface area contributed by atoms with Crippen LogP contribution in [0.3, 0.4) is 0 Å². The lowest BCUT2D eigenvalue weighted by molar-refractivity contribution is -0.112. The maximum absolute atomic E-state index is 13.4. The second-order valence-electron chi connectivity index (χ2n) is 26.0. The van der Waals surface area contributed by atoms with Gasteiger partial charge in [-0.3, -0.25) is 19.4 Å². The first-order valence-electron chi connectivity index (χ1n) is 36.7. The number of carbonyl (C=O) groups is 2. The Hall–Kier alpha value is -0.460. The Morgan fingerprint density at radius 1 is 0.313 bits per heavy atom. The van der Waals surface area contributed by atoms with E-state index in [2.05, 4.69) is 44.1 Å². The van der Waals surface area contributed by atoms with Gasteiger partial charge in [-0.1, -0.05) is 366 Å². The summed E-state index contributed by atoms with van der Waals surface area (Å²) in [6.07, 6.45) is 63.0. The van der Waals surface area contributed by atoms with Crippen molar-refractivity contribution in [3.05, 3.63) is 12.2 Å². The van der Waals surface area contributed by atoms with E-state index in [1.165, 1.54) is 280 Å². The highest BCUT2D eigenvalue weighted by Crippen LogP contribution is 2.22. The van der Waals surface area contributed by atoms with Gasteiger partial charge in [0, 0.05) is 62.8 Å². The molecule has 0 aliphatic carbocycles. The summed E-state index contributed by atoms with van der Waals surface area (Å²) in [5, 5.41) is 44.5. The van der Waals surface area contributed by atoms with Crippen LogP contribution in [0.1, 0.15) is 368 Å². The zero-order valence-electron chi connectivity index (χ0n) is 56.0. The van der Waals surface area contributed by atoms with E-state index in [1.54, 1.807) is 0 Å². The van der Waals surface area contributed by atoms with Crippen LogP contribution in [0.25, 0.3) is 0 Å². The van der Waals surface area contributed by atoms with Crippen molar-refractivity contribution < 1.29 is 30.0 Å². The molecule has 0 aromatic rings. The Balaban J connectivity index is 5.11. The van der Waals surface area contributed by atoms with Crippen LogP contribution in [-0.4, -0.2) is 116 Å². The molecule has 4 unspecified atom stereocenters. The molecule has 83 heavy (non-hydrogen) atoms. The number of thioether (sulfide) groups is 2. The van der Waals surface area contributed by atoms with Gasteiger partial charge in [0.25, 0.3) is 0 Å². The molecule has 0 amide bonds. The third-order valence-corrected chi connectivity index (χ3v) is 19.2. The van der Waals surface area contributed by atoms with Crippen molar-refractivity contribution in [2.24, 2.45) is 0 Å². The van der Waals surface area contributed by atoms with Gasteiger partial charge in [-0.25, -0.2) is 0 Å². The van der Waals surface area contributed by atoms with E-state index in [1.807, 2.05) is 0 Å². The van der Waals surface area contributed by atoms with Gasteiger partial charge >= 0.3 is 0 Å². The van der Waals surface area contributed by atoms with Gasteiger partial charge in [-0.05, 0) is 25.7 Å². The minimum atomic E-state index is -0.469. The van der Waals surface area contributed by atoms with Crippen LogP contribution < -0.4 is 0 Å². The van der Waals surface area contributed by atoms with E-state index >= 15 is 0 Å². The van der Waals surface area contributed by atoms with Crippen molar-refractivity contribution in [2.45, 2.75) is 392 Å². The average molecular weight is 1210 g/mol. The first-order chi connectivity index (χ1) is 40.6. The molecule has 0 rings (SSSR count). The third kappa shape index (κ3) is 61.6. The predicted octanol–water partition coefficient (Wildman–Crippen LogP) is 20.9. The van der Waals surface area contributed by atoms with Gasteiger partial charge in [0.1, 0.15) is 0 Å². The fourth-order valence-corrected chi connectivity index (χ4v) is 13.6. The van der Waals surface area contributed by atoms with Crippen molar-refractivity contribution in [1.29, 1.82) is 0 Å². The van der Waals surface area contributed by atoms with Crippen molar-refractivity contribution in [1.82, 2.24) is 9.80 Å². The molecule has 0 heterocycles. The second kappa shape index (κ2) is 66.0. The number of unbranched alkanes of at least 4 members (excludes halogenated alkanes) is 44. The van der Waals surface area contributed by atoms with Crippen LogP contribution in [0.4, 0.5) is 0 Å². The van der Waals surface area contributed by atoms with E-state index < -0.39 is 24.4 Å². The van der Waals surface area contributed by atoms with E-state index in [0.717, 1.165) is 77.0 Å². The van der Waals surface area contributed by atoms with Gasteiger partial charge in [0.2, 0.25) is 5.12 Å². The number of hydrogen-bond donors (Lipinski definition) is 4. The molecule has 0 bridgehead atoms. The second-order valence-corrected chi connectivity index (χ2v) is 28.2. The molecule has 8 nitrogen and oxygen atoms in total. The molecule has 0 saturated carbocycles. The first kappa shape index (κ1) is 82.5. The summed E-state index contributed by atoms with van der Waals surface area (Å²) in [6.45, 7) is 16.3. The van der Waals surface area contributed by atoms with E-state index in [4.69, 9.17) is 0 Å². The predicted molar refractivity (Wildman–Crippen MR) is 368 cm³/mol. The standard InChI is InChI=1S/C73H144N2O6S2/c1-6-10-14-18-22-26-30-34-38-42-46-50-54-68(76)63-74(64-69(77)55-51-47-43-39-35-31-27-23-19-15-11-7-2)58-60-82-72(80)62-67(5)73(81)83-61-59-75(65-70(78)56-52-48-44-40-36-32-28-24-20-16-12-8-3)66-71(79)57-53-49-45-41-37-33-29-25-21-17-13-9-4/h68-71,76-79H,5-66H2,1-4H3. The van der Waals surface area contributed by atoms with E-state index in [-0.39, 0.29) is 16.7 Å². The molecule has 0 aromatic carbocycles. The zero-order chi connectivity index (χ0) is 60.7. The fourth-order valence-electron chi connectivity index (χ4n) is 11.9. The van der Waals surface area contributed by atoms with Crippen LogP contribution in [-0.2, 0) is 9.59 Å². The molecule has 10 heteroatoms. The zero-order valence-corrected chi connectivity index (χ0v) is 57.6. The van der Waals surface area contributed by atoms with Gasteiger partial charge < -0.3 is 20.4 Å². The van der Waals surface area contributed by atoms with E-state index in [0.29, 0.717) is 56.3 Å². The molecule has 0 aromatic heterocycles. The molecule has 0 fully saturated rings. The summed E-state index contributed by atoms with van der Waals surface area (Å²) in [4.78, 5) is 31.0. The maximum atomic E-state index is 13.4. The van der Waals surface area contributed by atoms with Crippen LogP contribution in [0.2, 0.25) is 0 Å². The lowest BCUT2D eigenvalue weighted by Gasteiger charge is -2.27. The summed E-state index contributed by atoms with van der Waals surface area (Å²) in [6, 6.07) is 0. The lowest BCUT2D eigenvalue weighted by atomic mass is 10.0. The van der Waals surface area contributed by atoms with Crippen molar-refractivity contribution in [2.75, 3.05) is 50.8 Å². The number of nitrogens with zero attached hydrogens (tertiary/aromatic N) is 2. The van der Waals surface area contributed by atoms with Gasteiger partial charge in [0.05, 0.1) is 24.4 Å². The molecule has 0 radical (unpaired) electrons. The molecule has 0 aliphatic rings. The number of aliphatic hydroxyl groups is 4. The monoisotopic (exact) mass is 1210 g/mol. The Kier molecular flexibility index (Phi) is 65.6. The van der Waals surface area contributed by atoms with E-state index in [9.17, 15) is 30.0 Å². The SMILES string of the molecule is C=C(CC(=O)SCCN(CC(O)CCCCCCCCCCCCCC)CC(O)CCCCCCCCCCCCCC)C(=O)SCCN(CC(O)CCCCCCCCCCCCCC)CC(O)CCCCCCCCCCCCCC. The summed E-state index contributed by atoms with van der Waals surface area (Å²) in [7, 11) is 0. The quantitative estimate of drug-likeness (QED) is 0.0346. The Morgan fingerprint density at radius 2 is 0.506 bits per heavy atom. The summed E-state index contributed by atoms with van der Waals surface area (Å²) >= 11 is 2.41. The summed E-state index contributed by atoms with van der Waals surface area (Å²) in [5.41, 5.74) is 0.311. The summed E-state index contributed by atoms with van der Waals surface area (Å²) < 4.78 is 0. The summed E-state index contributed by atoms with van der Waals surface area (Å²) in [5.74, 6) is 1.04. The molecular formula is C73H144N2O6S2. The number of rotatable bonds is 69. The van der Waals surface area contributed by atoms with Gasteiger partial charge in [-0.2, -0.15) is 0 Å². The van der Waals surface area contributed by atoms with Crippen molar-refractivity contribution >= 4 is 33.8 Å². The minimum Gasteiger partial charge on any atom is -0.392 e. The molecule has 0 spiro atoms. The first-order valence-corrected chi connectivity index (χ1v) is 38.7. The smallest absolute Gasteiger partial charge is 0.215 e. The van der Waals surface area contributed by atoms with Crippen molar-refractivity contribution in [3.63, 3.8) is 0 Å². The lowest BCUT2D eigenvalue weighted by Crippen LogP contribution is -2.39. The minimum absolute atomic E-state index is 0.00109. The maximum Gasteiger partial charge on any atom is 0.215 e. The number of carbonyl (C=O) groups excluding carboxylic acids is 2. The van der Waals surface area contributed by atoms with Crippen LogP contribution >= 0.6 is 23.5 Å². The van der Waals surface area contributed by atoms with Crippen LogP contribution in [0.5, 0.6) is 0 Å². The Labute approximate surface area is 526 Å².